The number of ketones is 1. The summed E-state index contributed by atoms with van der Waals surface area (Å²) in [5.41, 5.74) is 0.692. The molecule has 1 fully saturated rings. The second kappa shape index (κ2) is 8.71. The highest BCUT2D eigenvalue weighted by atomic mass is 32.2. The van der Waals surface area contributed by atoms with Gasteiger partial charge in [0.1, 0.15) is 0 Å². The summed E-state index contributed by atoms with van der Waals surface area (Å²) in [7, 11) is -3.51. The van der Waals surface area contributed by atoms with Gasteiger partial charge >= 0.3 is 0 Å². The number of carbonyl (C=O) groups excluding carboxylic acids is 1. The molecule has 2 aromatic rings. The van der Waals surface area contributed by atoms with Crippen LogP contribution in [0.25, 0.3) is 0 Å². The summed E-state index contributed by atoms with van der Waals surface area (Å²) in [6, 6.07) is 11.8. The van der Waals surface area contributed by atoms with Gasteiger partial charge in [-0.2, -0.15) is 4.31 Å². The fraction of sp³-hybridized carbons (Fsp3) is 0.350. The number of nitrogens with one attached hydrogen (secondary N) is 1. The first-order valence-corrected chi connectivity index (χ1v) is 10.8. The number of rotatable bonds is 7. The van der Waals surface area contributed by atoms with Crippen LogP contribution in [0, 0.1) is 16.0 Å². The molecule has 1 N–H and O–H groups in total. The van der Waals surface area contributed by atoms with Crippen LogP contribution in [0.4, 0.5) is 11.4 Å². The van der Waals surface area contributed by atoms with Crippen LogP contribution in [0.2, 0.25) is 0 Å². The molecule has 29 heavy (non-hydrogen) atoms. The van der Waals surface area contributed by atoms with Crippen LogP contribution >= 0.6 is 0 Å². The molecule has 0 spiro atoms. The molecular formula is C20H23N3O5S. The predicted molar refractivity (Wildman–Crippen MR) is 110 cm³/mol. The number of nitrogens with zero attached hydrogens (tertiary/aromatic N) is 2. The monoisotopic (exact) mass is 417 g/mol. The number of Topliss-reactive ketones (excluding diaryl/α,β-unsaturated/α-hetero) is 1. The number of benzene rings is 2. The number of nitro benzene ring substituents is 1. The molecule has 1 aliphatic heterocycles. The summed E-state index contributed by atoms with van der Waals surface area (Å²) in [6.07, 6.45) is 1.72. The van der Waals surface area contributed by atoms with Crippen LogP contribution in [0.1, 0.15) is 30.1 Å². The van der Waals surface area contributed by atoms with Crippen molar-refractivity contribution < 1.29 is 18.1 Å². The maximum atomic E-state index is 12.7. The molecule has 8 nitrogen and oxygen atoms in total. The standard InChI is InChI=1S/C20H23N3O5S/c1-15-9-11-22(12-10-15)29(27,28)19-7-5-17(6-8-19)21-14-20(24)16-3-2-4-18(13-16)23(25)26/h2-8,13,15,21H,9-12,14H2,1H3. The maximum absolute atomic E-state index is 12.7. The Balaban J connectivity index is 1.63. The van der Waals surface area contributed by atoms with E-state index in [-0.39, 0.29) is 28.5 Å². The Morgan fingerprint density at radius 3 is 2.45 bits per heavy atom. The Bertz CT molecular complexity index is 997. The zero-order chi connectivity index (χ0) is 21.0. The van der Waals surface area contributed by atoms with Crippen LogP contribution in [-0.4, -0.2) is 43.1 Å². The minimum absolute atomic E-state index is 0.0583. The van der Waals surface area contributed by atoms with Crippen LogP contribution < -0.4 is 5.32 Å². The third kappa shape index (κ3) is 4.99. The Kier molecular flexibility index (Phi) is 6.29. The molecule has 0 amide bonds. The molecule has 0 unspecified atom stereocenters. The van der Waals surface area contributed by atoms with Gasteiger partial charge in [0, 0.05) is 36.5 Å². The van der Waals surface area contributed by atoms with Gasteiger partial charge in [-0.15, -0.1) is 0 Å². The summed E-state index contributed by atoms with van der Waals surface area (Å²) in [5.74, 6) is 0.240. The number of non-ortho nitro benzene ring substituents is 1. The first-order valence-electron chi connectivity index (χ1n) is 9.39. The van der Waals surface area contributed by atoms with Crippen molar-refractivity contribution in [3.63, 3.8) is 0 Å². The van der Waals surface area contributed by atoms with Crippen molar-refractivity contribution in [2.75, 3.05) is 25.0 Å². The van der Waals surface area contributed by atoms with Crippen molar-refractivity contribution in [3.05, 3.63) is 64.2 Å². The van der Waals surface area contributed by atoms with Crippen LogP contribution in [0.15, 0.2) is 53.4 Å². The quantitative estimate of drug-likeness (QED) is 0.420. The molecule has 3 rings (SSSR count). The van der Waals surface area contributed by atoms with Crippen LogP contribution in [-0.2, 0) is 10.0 Å². The van der Waals surface area contributed by atoms with E-state index in [1.807, 2.05) is 0 Å². The van der Waals surface area contributed by atoms with E-state index in [1.54, 1.807) is 12.1 Å². The Hall–Kier alpha value is -2.78. The highest BCUT2D eigenvalue weighted by Gasteiger charge is 2.27. The van der Waals surface area contributed by atoms with Crippen molar-refractivity contribution in [2.24, 2.45) is 5.92 Å². The van der Waals surface area contributed by atoms with Crippen molar-refractivity contribution in [2.45, 2.75) is 24.7 Å². The van der Waals surface area contributed by atoms with E-state index in [2.05, 4.69) is 12.2 Å². The van der Waals surface area contributed by atoms with Gasteiger partial charge in [-0.1, -0.05) is 19.1 Å². The lowest BCUT2D eigenvalue weighted by molar-refractivity contribution is -0.384. The molecule has 154 valence electrons. The lowest BCUT2D eigenvalue weighted by Crippen LogP contribution is -2.37. The topological polar surface area (TPSA) is 110 Å². The van der Waals surface area contributed by atoms with Gasteiger partial charge in [0.2, 0.25) is 10.0 Å². The summed E-state index contributed by atoms with van der Waals surface area (Å²) in [5, 5.41) is 13.8. The maximum Gasteiger partial charge on any atom is 0.270 e. The highest BCUT2D eigenvalue weighted by Crippen LogP contribution is 2.24. The average Bonchev–Trinajstić information content (AvgIpc) is 2.72. The number of piperidine rings is 1. The minimum Gasteiger partial charge on any atom is -0.378 e. The molecule has 0 saturated carbocycles. The van der Waals surface area contributed by atoms with Gasteiger partial charge in [-0.3, -0.25) is 14.9 Å². The largest absolute Gasteiger partial charge is 0.378 e. The predicted octanol–water partition coefficient (Wildman–Crippen LogP) is 3.31. The normalized spacial score (nSPS) is 15.8. The van der Waals surface area contributed by atoms with Gasteiger partial charge < -0.3 is 5.32 Å². The van der Waals surface area contributed by atoms with Crippen LogP contribution in [0.5, 0.6) is 0 Å². The van der Waals surface area contributed by atoms with Gasteiger partial charge in [-0.05, 0) is 43.0 Å². The average molecular weight is 417 g/mol. The Morgan fingerprint density at radius 1 is 1.17 bits per heavy atom. The molecule has 9 heteroatoms. The van der Waals surface area contributed by atoms with E-state index in [0.29, 0.717) is 24.7 Å². The molecule has 0 radical (unpaired) electrons. The van der Waals surface area contributed by atoms with Crippen molar-refractivity contribution in [1.82, 2.24) is 4.31 Å². The molecule has 1 aliphatic rings. The van der Waals surface area contributed by atoms with Crippen molar-refractivity contribution >= 4 is 27.2 Å². The Labute approximate surface area is 169 Å². The summed E-state index contributed by atoms with van der Waals surface area (Å²) in [6.45, 7) is 3.12. The molecular weight excluding hydrogens is 394 g/mol. The smallest absolute Gasteiger partial charge is 0.270 e. The van der Waals surface area contributed by atoms with E-state index >= 15 is 0 Å². The third-order valence-corrected chi connectivity index (χ3v) is 6.98. The molecule has 0 aromatic heterocycles. The third-order valence-electron chi connectivity index (χ3n) is 5.07. The minimum atomic E-state index is -3.51. The molecule has 2 aromatic carbocycles. The molecule has 1 heterocycles. The van der Waals surface area contributed by atoms with Gasteiger partial charge in [0.05, 0.1) is 16.4 Å². The van der Waals surface area contributed by atoms with E-state index in [1.165, 1.54) is 40.7 Å². The van der Waals surface area contributed by atoms with Crippen molar-refractivity contribution in [3.8, 4) is 0 Å². The number of carbonyl (C=O) groups is 1. The van der Waals surface area contributed by atoms with E-state index < -0.39 is 14.9 Å². The fourth-order valence-corrected chi connectivity index (χ4v) is 4.67. The Morgan fingerprint density at radius 2 is 1.83 bits per heavy atom. The second-order valence-electron chi connectivity index (χ2n) is 7.20. The fourth-order valence-electron chi connectivity index (χ4n) is 3.20. The number of hydrogen-bond acceptors (Lipinski definition) is 6. The van der Waals surface area contributed by atoms with E-state index in [9.17, 15) is 23.3 Å². The zero-order valence-corrected chi connectivity index (χ0v) is 16.9. The van der Waals surface area contributed by atoms with E-state index in [4.69, 9.17) is 0 Å². The second-order valence-corrected chi connectivity index (χ2v) is 9.13. The van der Waals surface area contributed by atoms with Gasteiger partial charge in [0.25, 0.3) is 5.69 Å². The first kappa shape index (κ1) is 20.9. The van der Waals surface area contributed by atoms with E-state index in [0.717, 1.165) is 12.8 Å². The molecule has 0 atom stereocenters. The molecule has 1 saturated heterocycles. The lowest BCUT2D eigenvalue weighted by Gasteiger charge is -2.29. The number of sulfonamides is 1. The van der Waals surface area contributed by atoms with Gasteiger partial charge in [-0.25, -0.2) is 8.42 Å². The highest BCUT2D eigenvalue weighted by molar-refractivity contribution is 7.89. The number of hydrogen-bond donors (Lipinski definition) is 1. The molecule has 0 bridgehead atoms. The summed E-state index contributed by atoms with van der Waals surface area (Å²) in [4.78, 5) is 22.8. The summed E-state index contributed by atoms with van der Waals surface area (Å²) >= 11 is 0. The van der Waals surface area contributed by atoms with Crippen LogP contribution in [0.3, 0.4) is 0 Å². The zero-order valence-electron chi connectivity index (χ0n) is 16.1. The van der Waals surface area contributed by atoms with Crippen molar-refractivity contribution in [1.29, 1.82) is 0 Å². The SMILES string of the molecule is CC1CCN(S(=O)(=O)c2ccc(NCC(=O)c3cccc([N+](=O)[O-])c3)cc2)CC1. The summed E-state index contributed by atoms with van der Waals surface area (Å²) < 4.78 is 27.0. The number of anilines is 1. The lowest BCUT2D eigenvalue weighted by atomic mass is 10.0. The molecule has 0 aliphatic carbocycles. The van der Waals surface area contributed by atoms with Gasteiger partial charge in [0.15, 0.2) is 5.78 Å². The number of nitro groups is 1. The first-order chi connectivity index (χ1) is 13.8.